The van der Waals surface area contributed by atoms with Crippen molar-refractivity contribution in [2.75, 3.05) is 0 Å². The van der Waals surface area contributed by atoms with Gasteiger partial charge in [0.2, 0.25) is 0 Å². The third-order valence-corrected chi connectivity index (χ3v) is 1.71. The molecule has 0 radical (unpaired) electrons. The van der Waals surface area contributed by atoms with Crippen LogP contribution in [0.4, 0.5) is 13.2 Å². The number of aromatic amines is 1. The summed E-state index contributed by atoms with van der Waals surface area (Å²) in [6.45, 7) is 0.726. The number of aliphatic hydroxyl groups excluding tert-OH is 1. The zero-order valence-electron chi connectivity index (χ0n) is 7.68. The first-order chi connectivity index (χ1) is 6.83. The molecule has 0 aliphatic carbocycles. The highest BCUT2D eigenvalue weighted by atomic mass is 19.4. The van der Waals surface area contributed by atoms with Gasteiger partial charge in [-0.15, -0.1) is 13.2 Å². The van der Waals surface area contributed by atoms with Crippen molar-refractivity contribution in [1.29, 1.82) is 0 Å². The van der Waals surface area contributed by atoms with E-state index in [1.807, 2.05) is 0 Å². The SMILES string of the molecule is Cc1[nH]c(=O)cc(OC(F)(F)F)c1CO. The average molecular weight is 223 g/mol. The number of pyridine rings is 1. The first-order valence-electron chi connectivity index (χ1n) is 3.93. The predicted molar refractivity (Wildman–Crippen MR) is 44.4 cm³/mol. The van der Waals surface area contributed by atoms with Gasteiger partial charge >= 0.3 is 6.36 Å². The second-order valence-corrected chi connectivity index (χ2v) is 2.81. The summed E-state index contributed by atoms with van der Waals surface area (Å²) in [7, 11) is 0. The third-order valence-electron chi connectivity index (χ3n) is 1.71. The second kappa shape index (κ2) is 3.93. The van der Waals surface area contributed by atoms with Gasteiger partial charge in [-0.25, -0.2) is 0 Å². The van der Waals surface area contributed by atoms with Crippen molar-refractivity contribution in [3.63, 3.8) is 0 Å². The Hall–Kier alpha value is -1.50. The third kappa shape index (κ3) is 2.98. The van der Waals surface area contributed by atoms with Crippen LogP contribution in [0.5, 0.6) is 5.75 Å². The minimum absolute atomic E-state index is 0.0908. The van der Waals surface area contributed by atoms with E-state index in [2.05, 4.69) is 9.72 Å². The van der Waals surface area contributed by atoms with Crippen molar-refractivity contribution in [2.24, 2.45) is 0 Å². The van der Waals surface area contributed by atoms with Crippen LogP contribution in [0.15, 0.2) is 10.9 Å². The average Bonchev–Trinajstić information content (AvgIpc) is 1.99. The molecule has 0 aliphatic rings. The molecule has 2 N–H and O–H groups in total. The Morgan fingerprint density at radius 1 is 1.53 bits per heavy atom. The number of ether oxygens (including phenoxy) is 1. The molecule has 0 saturated heterocycles. The topological polar surface area (TPSA) is 62.3 Å². The molecule has 0 atom stereocenters. The molecule has 0 aliphatic heterocycles. The van der Waals surface area contributed by atoms with Crippen molar-refractivity contribution in [3.8, 4) is 5.75 Å². The Bertz CT molecular complexity index is 411. The van der Waals surface area contributed by atoms with Gasteiger partial charge < -0.3 is 14.8 Å². The molecule has 1 rings (SSSR count). The number of alkyl halides is 3. The number of nitrogens with one attached hydrogen (secondary N) is 1. The van der Waals surface area contributed by atoms with Crippen LogP contribution >= 0.6 is 0 Å². The summed E-state index contributed by atoms with van der Waals surface area (Å²) in [4.78, 5) is 13.1. The Labute approximate surface area is 82.3 Å². The maximum atomic E-state index is 11.9. The molecule has 1 aromatic rings. The number of hydrogen-bond acceptors (Lipinski definition) is 3. The Kier molecular flexibility index (Phi) is 3.04. The number of halogens is 3. The molecule has 0 aromatic carbocycles. The molecule has 1 aromatic heterocycles. The first kappa shape index (κ1) is 11.6. The zero-order valence-corrected chi connectivity index (χ0v) is 7.68. The minimum Gasteiger partial charge on any atom is -0.405 e. The molecule has 0 saturated carbocycles. The quantitative estimate of drug-likeness (QED) is 0.788. The highest BCUT2D eigenvalue weighted by molar-refractivity contribution is 5.34. The Morgan fingerprint density at radius 2 is 2.13 bits per heavy atom. The van der Waals surface area contributed by atoms with E-state index in [4.69, 9.17) is 5.11 Å². The first-order valence-corrected chi connectivity index (χ1v) is 3.93. The smallest absolute Gasteiger partial charge is 0.405 e. The highest BCUT2D eigenvalue weighted by Crippen LogP contribution is 2.26. The van der Waals surface area contributed by atoms with Gasteiger partial charge in [-0.2, -0.15) is 0 Å². The monoisotopic (exact) mass is 223 g/mol. The fraction of sp³-hybridized carbons (Fsp3) is 0.375. The zero-order chi connectivity index (χ0) is 11.6. The van der Waals surface area contributed by atoms with E-state index >= 15 is 0 Å². The molecule has 1 heterocycles. The number of aromatic nitrogens is 1. The number of H-pyrrole nitrogens is 1. The van der Waals surface area contributed by atoms with Crippen molar-refractivity contribution >= 4 is 0 Å². The van der Waals surface area contributed by atoms with Gasteiger partial charge in [-0.3, -0.25) is 4.79 Å². The summed E-state index contributed by atoms with van der Waals surface area (Å²) in [5, 5.41) is 8.82. The lowest BCUT2D eigenvalue weighted by Crippen LogP contribution is -2.21. The lowest BCUT2D eigenvalue weighted by atomic mass is 10.2. The lowest BCUT2D eigenvalue weighted by Gasteiger charge is -2.12. The van der Waals surface area contributed by atoms with Gasteiger partial charge in [0.1, 0.15) is 5.75 Å². The van der Waals surface area contributed by atoms with Crippen molar-refractivity contribution in [3.05, 3.63) is 27.7 Å². The minimum atomic E-state index is -4.88. The maximum absolute atomic E-state index is 11.9. The van der Waals surface area contributed by atoms with Crippen LogP contribution in [0.2, 0.25) is 0 Å². The van der Waals surface area contributed by atoms with Gasteiger partial charge in [-0.1, -0.05) is 0 Å². The van der Waals surface area contributed by atoms with Gasteiger partial charge in [0.25, 0.3) is 5.56 Å². The predicted octanol–water partition coefficient (Wildman–Crippen LogP) is 1.07. The lowest BCUT2D eigenvalue weighted by molar-refractivity contribution is -0.275. The Balaban J connectivity index is 3.21. The second-order valence-electron chi connectivity index (χ2n) is 2.81. The van der Waals surface area contributed by atoms with E-state index in [0.29, 0.717) is 6.07 Å². The molecule has 4 nitrogen and oxygen atoms in total. The van der Waals surface area contributed by atoms with Gasteiger partial charge in [0.15, 0.2) is 0 Å². The summed E-state index contributed by atoms with van der Waals surface area (Å²) in [5.74, 6) is -0.675. The summed E-state index contributed by atoms with van der Waals surface area (Å²) in [6, 6.07) is 0.645. The van der Waals surface area contributed by atoms with E-state index in [-0.39, 0.29) is 11.3 Å². The summed E-state index contributed by atoms with van der Waals surface area (Å²) in [6.07, 6.45) is -4.88. The van der Waals surface area contributed by atoms with Gasteiger partial charge in [0.05, 0.1) is 6.61 Å². The molecular weight excluding hydrogens is 215 g/mol. The number of aliphatic hydroxyl groups is 1. The van der Waals surface area contributed by atoms with Crippen LogP contribution < -0.4 is 10.3 Å². The van der Waals surface area contributed by atoms with Gasteiger partial charge in [-0.05, 0) is 6.92 Å². The maximum Gasteiger partial charge on any atom is 0.573 e. The standard InChI is InChI=1S/C8H8F3NO3/c1-4-5(3-13)6(2-7(14)12-4)15-8(9,10)11/h2,13H,3H2,1H3,(H,12,14). The van der Waals surface area contributed by atoms with Gasteiger partial charge in [0, 0.05) is 17.3 Å². The van der Waals surface area contributed by atoms with Crippen LogP contribution in [0.25, 0.3) is 0 Å². The summed E-state index contributed by atoms with van der Waals surface area (Å²) in [5.41, 5.74) is -0.667. The fourth-order valence-corrected chi connectivity index (χ4v) is 1.10. The number of hydrogen-bond donors (Lipinski definition) is 2. The summed E-state index contributed by atoms with van der Waals surface area (Å²) >= 11 is 0. The van der Waals surface area contributed by atoms with E-state index in [0.717, 1.165) is 0 Å². The normalized spacial score (nSPS) is 11.5. The van der Waals surface area contributed by atoms with Crippen LogP contribution in [-0.4, -0.2) is 16.5 Å². The fourth-order valence-electron chi connectivity index (χ4n) is 1.10. The molecule has 15 heavy (non-hydrogen) atoms. The number of aryl methyl sites for hydroxylation is 1. The van der Waals surface area contributed by atoms with Crippen LogP contribution in [0.1, 0.15) is 11.3 Å². The molecule has 7 heteroatoms. The van der Waals surface area contributed by atoms with E-state index in [1.54, 1.807) is 0 Å². The van der Waals surface area contributed by atoms with Crippen LogP contribution in [0.3, 0.4) is 0 Å². The van der Waals surface area contributed by atoms with Crippen LogP contribution in [0, 0.1) is 6.92 Å². The molecular formula is C8H8F3NO3. The molecule has 0 fully saturated rings. The van der Waals surface area contributed by atoms with Crippen molar-refractivity contribution < 1.29 is 23.0 Å². The van der Waals surface area contributed by atoms with E-state index < -0.39 is 24.3 Å². The summed E-state index contributed by atoms with van der Waals surface area (Å²) < 4.78 is 39.3. The molecule has 0 spiro atoms. The van der Waals surface area contributed by atoms with E-state index in [9.17, 15) is 18.0 Å². The molecule has 84 valence electrons. The highest BCUT2D eigenvalue weighted by Gasteiger charge is 2.32. The molecule has 0 bridgehead atoms. The number of rotatable bonds is 2. The van der Waals surface area contributed by atoms with Crippen molar-refractivity contribution in [2.45, 2.75) is 19.9 Å². The van der Waals surface area contributed by atoms with Crippen molar-refractivity contribution in [1.82, 2.24) is 4.98 Å². The van der Waals surface area contributed by atoms with E-state index in [1.165, 1.54) is 6.92 Å². The Morgan fingerprint density at radius 3 is 2.60 bits per heavy atom. The van der Waals surface area contributed by atoms with Crippen LogP contribution in [-0.2, 0) is 6.61 Å². The molecule has 0 unspecified atom stereocenters. The molecule has 0 amide bonds. The largest absolute Gasteiger partial charge is 0.573 e.